The van der Waals surface area contributed by atoms with Gasteiger partial charge >= 0.3 is 63.1 Å². The number of hydrogen-bond acceptors (Lipinski definition) is 3. The van der Waals surface area contributed by atoms with Crippen molar-refractivity contribution < 1.29 is 0 Å². The summed E-state index contributed by atoms with van der Waals surface area (Å²) in [6, 6.07) is 3.81. The fourth-order valence-electron chi connectivity index (χ4n) is 0.787. The number of nitrogens with two attached hydrogens (primary N) is 1. The van der Waals surface area contributed by atoms with Crippen LogP contribution in [0.3, 0.4) is 0 Å². The minimum atomic E-state index is 0.177. The molecule has 0 bridgehead atoms. The van der Waals surface area contributed by atoms with Gasteiger partial charge in [-0.25, -0.2) is 0 Å². The van der Waals surface area contributed by atoms with E-state index >= 15 is 0 Å². The summed E-state index contributed by atoms with van der Waals surface area (Å²) in [5.74, 6) is 0. The number of hydrogen-bond donors (Lipinski definition) is 1. The van der Waals surface area contributed by atoms with Crippen molar-refractivity contribution in [2.24, 2.45) is 0 Å². The number of fused-ring (bicyclic) bond motifs is 1. The predicted molar refractivity (Wildman–Crippen MR) is 40.9 cm³/mol. The van der Waals surface area contributed by atoms with Gasteiger partial charge in [-0.2, -0.15) is 0 Å². The van der Waals surface area contributed by atoms with Crippen LogP contribution in [-0.4, -0.2) is 24.5 Å². The molecule has 2 heterocycles. The zero-order valence-corrected chi connectivity index (χ0v) is 6.83. The summed E-state index contributed by atoms with van der Waals surface area (Å²) in [7, 11) is 0. The Morgan fingerprint density at radius 1 is 1.50 bits per heavy atom. The molecule has 0 aliphatic rings. The number of nitrogen functional groups attached to an aromatic ring is 1. The summed E-state index contributed by atoms with van der Waals surface area (Å²) >= 11 is 0.177. The van der Waals surface area contributed by atoms with E-state index in [1.165, 1.54) is 0 Å². The number of nitrogens with zero attached hydrogens (tertiary/aromatic N) is 2. The van der Waals surface area contributed by atoms with Gasteiger partial charge in [0.15, 0.2) is 0 Å². The van der Waals surface area contributed by atoms with Crippen LogP contribution < -0.4 is 5.73 Å². The molecule has 0 unspecified atom stereocenters. The van der Waals surface area contributed by atoms with Gasteiger partial charge in [-0.1, -0.05) is 0 Å². The fourth-order valence-corrected chi connectivity index (χ4v) is 2.20. The molecular weight excluding hydrogens is 193 g/mol. The summed E-state index contributed by atoms with van der Waals surface area (Å²) in [6.45, 7) is 0. The molecule has 2 aromatic heterocycles. The molecule has 0 aromatic carbocycles. The molecule has 0 radical (unpaired) electrons. The first-order valence-electron chi connectivity index (χ1n) is 2.83. The molecule has 0 spiro atoms. The van der Waals surface area contributed by atoms with Crippen LogP contribution in [0.4, 0.5) is 4.69 Å². The molecular formula is C6H5N3Se. The molecule has 2 aromatic rings. The Hall–Kier alpha value is -0.861. The summed E-state index contributed by atoms with van der Waals surface area (Å²) in [5, 5.41) is 0. The quantitative estimate of drug-likeness (QED) is 0.618. The van der Waals surface area contributed by atoms with Gasteiger partial charge in [0.25, 0.3) is 0 Å². The van der Waals surface area contributed by atoms with E-state index in [0.29, 0.717) is 0 Å². The van der Waals surface area contributed by atoms with Crippen molar-refractivity contribution in [3.8, 4) is 0 Å². The molecule has 2 N–H and O–H groups in total. The second-order valence-electron chi connectivity index (χ2n) is 1.88. The normalized spacial score (nSPS) is 10.4. The Morgan fingerprint density at radius 2 is 2.40 bits per heavy atom. The first-order chi connectivity index (χ1) is 4.86. The van der Waals surface area contributed by atoms with Gasteiger partial charge in [0.1, 0.15) is 0 Å². The molecule has 3 nitrogen and oxygen atoms in total. The second-order valence-corrected chi connectivity index (χ2v) is 4.00. The third kappa shape index (κ3) is 0.818. The summed E-state index contributed by atoms with van der Waals surface area (Å²) in [6.07, 6.45) is 1.77. The standard InChI is InChI=1S/C6H5N3Se/c7-6-9-4-2-1-3-8-5(4)10-6/h1-3H,(H2,7,9). The van der Waals surface area contributed by atoms with Crippen LogP contribution in [-0.2, 0) is 0 Å². The van der Waals surface area contributed by atoms with Crippen molar-refractivity contribution in [3.63, 3.8) is 0 Å². The van der Waals surface area contributed by atoms with Crippen LogP contribution in [0.2, 0.25) is 0 Å². The van der Waals surface area contributed by atoms with E-state index in [-0.39, 0.29) is 14.5 Å². The van der Waals surface area contributed by atoms with Crippen molar-refractivity contribution in [2.45, 2.75) is 0 Å². The third-order valence-electron chi connectivity index (χ3n) is 1.18. The fraction of sp³-hybridized carbons (Fsp3) is 0. The third-order valence-corrected chi connectivity index (χ3v) is 2.88. The van der Waals surface area contributed by atoms with Crippen LogP contribution in [0.5, 0.6) is 0 Å². The average molecular weight is 198 g/mol. The maximum absolute atomic E-state index is 5.52. The van der Waals surface area contributed by atoms with Crippen LogP contribution in [0.15, 0.2) is 18.3 Å². The van der Waals surface area contributed by atoms with E-state index in [1.54, 1.807) is 6.20 Å². The summed E-state index contributed by atoms with van der Waals surface area (Å²) in [4.78, 5) is 8.25. The first kappa shape index (κ1) is 5.89. The molecule has 0 saturated heterocycles. The zero-order valence-electron chi connectivity index (χ0n) is 5.11. The van der Waals surface area contributed by atoms with E-state index in [4.69, 9.17) is 5.73 Å². The van der Waals surface area contributed by atoms with Crippen LogP contribution >= 0.6 is 0 Å². The van der Waals surface area contributed by atoms with Crippen LogP contribution in [0.1, 0.15) is 0 Å². The van der Waals surface area contributed by atoms with Crippen LogP contribution in [0, 0.1) is 0 Å². The molecule has 0 fully saturated rings. The Bertz CT molecular complexity index is 322. The number of pyridine rings is 1. The Balaban J connectivity index is 2.88. The topological polar surface area (TPSA) is 51.8 Å². The van der Waals surface area contributed by atoms with Crippen molar-refractivity contribution in [1.29, 1.82) is 0 Å². The van der Waals surface area contributed by atoms with Gasteiger partial charge in [0, 0.05) is 0 Å². The first-order valence-corrected chi connectivity index (χ1v) is 4.54. The molecule has 0 aliphatic carbocycles. The van der Waals surface area contributed by atoms with E-state index in [1.807, 2.05) is 12.1 Å². The van der Waals surface area contributed by atoms with Gasteiger partial charge < -0.3 is 0 Å². The van der Waals surface area contributed by atoms with E-state index in [9.17, 15) is 0 Å². The van der Waals surface area contributed by atoms with E-state index in [2.05, 4.69) is 9.97 Å². The molecule has 0 atom stereocenters. The molecule has 2 rings (SSSR count). The maximum atomic E-state index is 5.52. The van der Waals surface area contributed by atoms with Crippen LogP contribution in [0.25, 0.3) is 9.91 Å². The minimum absolute atomic E-state index is 0.177. The van der Waals surface area contributed by atoms with Gasteiger partial charge in [-0.15, -0.1) is 0 Å². The second kappa shape index (κ2) is 2.08. The molecule has 4 heteroatoms. The van der Waals surface area contributed by atoms with Gasteiger partial charge in [-0.05, 0) is 0 Å². The number of aromatic nitrogens is 2. The molecule has 0 amide bonds. The summed E-state index contributed by atoms with van der Waals surface area (Å²) in [5.41, 5.74) is 6.47. The summed E-state index contributed by atoms with van der Waals surface area (Å²) < 4.78 is 1.77. The van der Waals surface area contributed by atoms with Gasteiger partial charge in [0.2, 0.25) is 0 Å². The van der Waals surface area contributed by atoms with Crippen molar-refractivity contribution in [3.05, 3.63) is 18.3 Å². The number of rotatable bonds is 0. The molecule has 0 aliphatic heterocycles. The van der Waals surface area contributed by atoms with Gasteiger partial charge in [0.05, 0.1) is 0 Å². The van der Waals surface area contributed by atoms with Crippen molar-refractivity contribution in [1.82, 2.24) is 9.97 Å². The average Bonchev–Trinajstić information content (AvgIpc) is 2.27. The Morgan fingerprint density at radius 3 is 3.20 bits per heavy atom. The van der Waals surface area contributed by atoms with E-state index in [0.717, 1.165) is 14.6 Å². The van der Waals surface area contributed by atoms with Crippen molar-refractivity contribution >= 4 is 29.1 Å². The molecule has 50 valence electrons. The Kier molecular flexibility index (Phi) is 1.22. The Labute approximate surface area is 63.6 Å². The number of anilines is 1. The molecule has 10 heavy (non-hydrogen) atoms. The van der Waals surface area contributed by atoms with Crippen molar-refractivity contribution in [2.75, 3.05) is 5.73 Å². The molecule has 0 saturated carbocycles. The zero-order chi connectivity index (χ0) is 6.97. The monoisotopic (exact) mass is 199 g/mol. The predicted octanol–water partition coefficient (Wildman–Crippen LogP) is 0.269. The SMILES string of the molecule is Nc1nc2cccnc2[se]1. The van der Waals surface area contributed by atoms with E-state index < -0.39 is 0 Å². The van der Waals surface area contributed by atoms with Gasteiger partial charge in [-0.3, -0.25) is 0 Å².